The van der Waals surface area contributed by atoms with Crippen molar-refractivity contribution in [3.63, 3.8) is 0 Å². The van der Waals surface area contributed by atoms with Crippen LogP contribution >= 0.6 is 0 Å². The monoisotopic (exact) mass is 335 g/mol. The Kier molecular flexibility index (Phi) is 4.87. The zero-order valence-corrected chi connectivity index (χ0v) is 13.5. The highest BCUT2D eigenvalue weighted by Crippen LogP contribution is 2.17. The molecule has 0 aromatic heterocycles. The van der Waals surface area contributed by atoms with Gasteiger partial charge in [0.05, 0.1) is 4.90 Å². The number of amides is 2. The van der Waals surface area contributed by atoms with Gasteiger partial charge in [-0.3, -0.25) is 4.55 Å². The molecule has 0 radical (unpaired) electrons. The lowest BCUT2D eigenvalue weighted by Gasteiger charge is -2.13. The summed E-state index contributed by atoms with van der Waals surface area (Å²) in [5, 5.41) is 5.14. The van der Waals surface area contributed by atoms with Gasteiger partial charge < -0.3 is 15.5 Å². The minimum Gasteiger partial charge on any atom is -0.378 e. The molecular formula is C15H17N3O4S. The first-order valence-corrected chi connectivity index (χ1v) is 8.12. The van der Waals surface area contributed by atoms with E-state index in [1.807, 2.05) is 31.1 Å². The second-order valence-electron chi connectivity index (χ2n) is 5.02. The van der Waals surface area contributed by atoms with E-state index in [4.69, 9.17) is 4.55 Å². The first-order valence-electron chi connectivity index (χ1n) is 6.68. The van der Waals surface area contributed by atoms with E-state index in [1.54, 1.807) is 12.1 Å². The molecule has 2 amide bonds. The first kappa shape index (κ1) is 16.8. The summed E-state index contributed by atoms with van der Waals surface area (Å²) in [6, 6.07) is 12.0. The van der Waals surface area contributed by atoms with Gasteiger partial charge >= 0.3 is 6.03 Å². The molecule has 0 aliphatic carbocycles. The van der Waals surface area contributed by atoms with E-state index < -0.39 is 16.1 Å². The predicted octanol–water partition coefficient (Wildman–Crippen LogP) is 2.64. The lowest BCUT2D eigenvalue weighted by atomic mass is 10.2. The van der Waals surface area contributed by atoms with Gasteiger partial charge in [0.2, 0.25) is 0 Å². The van der Waals surface area contributed by atoms with E-state index >= 15 is 0 Å². The van der Waals surface area contributed by atoms with Crippen molar-refractivity contribution in [2.45, 2.75) is 4.90 Å². The van der Waals surface area contributed by atoms with Gasteiger partial charge in [-0.25, -0.2) is 4.79 Å². The molecule has 122 valence electrons. The smallest absolute Gasteiger partial charge is 0.323 e. The van der Waals surface area contributed by atoms with Gasteiger partial charge in [0.25, 0.3) is 10.1 Å². The Labute approximate surface area is 134 Å². The molecular weight excluding hydrogens is 318 g/mol. The number of carbonyl (C=O) groups excluding carboxylic acids is 1. The molecule has 2 aromatic rings. The Hall–Kier alpha value is -2.58. The predicted molar refractivity (Wildman–Crippen MR) is 89.7 cm³/mol. The molecule has 0 fully saturated rings. The van der Waals surface area contributed by atoms with Crippen LogP contribution in [0.5, 0.6) is 0 Å². The van der Waals surface area contributed by atoms with Gasteiger partial charge in [0.1, 0.15) is 0 Å². The van der Waals surface area contributed by atoms with E-state index in [9.17, 15) is 13.2 Å². The zero-order chi connectivity index (χ0) is 17.0. The summed E-state index contributed by atoms with van der Waals surface area (Å²) < 4.78 is 31.1. The molecule has 0 heterocycles. The van der Waals surface area contributed by atoms with Crippen LogP contribution < -0.4 is 15.5 Å². The topological polar surface area (TPSA) is 98.7 Å². The fourth-order valence-electron chi connectivity index (χ4n) is 1.87. The third-order valence-corrected chi connectivity index (χ3v) is 3.88. The van der Waals surface area contributed by atoms with Crippen LogP contribution in [0.3, 0.4) is 0 Å². The molecule has 0 aliphatic heterocycles. The molecule has 3 N–H and O–H groups in total. The zero-order valence-electron chi connectivity index (χ0n) is 12.6. The molecule has 0 saturated carbocycles. The van der Waals surface area contributed by atoms with E-state index in [0.717, 1.165) is 5.69 Å². The Balaban J connectivity index is 2.05. The average Bonchev–Trinajstić information content (AvgIpc) is 2.47. The number of benzene rings is 2. The molecule has 0 spiro atoms. The van der Waals surface area contributed by atoms with Crippen LogP contribution in [0.4, 0.5) is 21.9 Å². The minimum atomic E-state index is -4.31. The molecule has 23 heavy (non-hydrogen) atoms. The van der Waals surface area contributed by atoms with Crippen LogP contribution in [0.2, 0.25) is 0 Å². The van der Waals surface area contributed by atoms with Gasteiger partial charge in [-0.1, -0.05) is 6.07 Å². The van der Waals surface area contributed by atoms with E-state index in [-0.39, 0.29) is 10.6 Å². The molecule has 8 heteroatoms. The third kappa shape index (κ3) is 4.70. The van der Waals surface area contributed by atoms with Crippen molar-refractivity contribution in [1.29, 1.82) is 0 Å². The van der Waals surface area contributed by atoms with Gasteiger partial charge in [-0.05, 0) is 42.5 Å². The molecule has 2 aromatic carbocycles. The average molecular weight is 335 g/mol. The van der Waals surface area contributed by atoms with Crippen molar-refractivity contribution in [2.75, 3.05) is 29.6 Å². The van der Waals surface area contributed by atoms with Gasteiger partial charge in [-0.2, -0.15) is 8.42 Å². The highest BCUT2D eigenvalue weighted by atomic mass is 32.2. The van der Waals surface area contributed by atoms with E-state index in [0.29, 0.717) is 5.69 Å². The van der Waals surface area contributed by atoms with Crippen LogP contribution in [0.25, 0.3) is 0 Å². The Morgan fingerprint density at radius 2 is 1.61 bits per heavy atom. The van der Waals surface area contributed by atoms with Crippen LogP contribution in [-0.4, -0.2) is 33.1 Å². The van der Waals surface area contributed by atoms with Gasteiger partial charge in [-0.15, -0.1) is 0 Å². The Bertz CT molecular complexity index is 802. The number of carbonyl (C=O) groups is 1. The van der Waals surface area contributed by atoms with Crippen molar-refractivity contribution in [3.8, 4) is 0 Å². The molecule has 0 aliphatic rings. The maximum atomic E-state index is 11.9. The second kappa shape index (κ2) is 6.67. The number of nitrogens with zero attached hydrogens (tertiary/aromatic N) is 1. The second-order valence-corrected chi connectivity index (χ2v) is 6.44. The summed E-state index contributed by atoms with van der Waals surface area (Å²) in [6.07, 6.45) is 0. The molecule has 0 unspecified atom stereocenters. The normalized spacial score (nSPS) is 10.9. The summed E-state index contributed by atoms with van der Waals surface area (Å²) in [5.74, 6) is 0. The highest BCUT2D eigenvalue weighted by molar-refractivity contribution is 7.85. The summed E-state index contributed by atoms with van der Waals surface area (Å²) in [6.45, 7) is 0. The third-order valence-electron chi connectivity index (χ3n) is 3.03. The Morgan fingerprint density at radius 1 is 1.00 bits per heavy atom. The van der Waals surface area contributed by atoms with E-state index in [1.165, 1.54) is 24.3 Å². The lowest BCUT2D eigenvalue weighted by molar-refractivity contribution is 0.262. The van der Waals surface area contributed by atoms with Gasteiger partial charge in [0, 0.05) is 31.2 Å². The van der Waals surface area contributed by atoms with Crippen LogP contribution in [0, 0.1) is 0 Å². The molecule has 0 bridgehead atoms. The maximum Gasteiger partial charge on any atom is 0.323 e. The standard InChI is InChI=1S/C15H17N3O4S/c1-18(2)13-8-6-11(7-9-13)16-15(19)17-12-4-3-5-14(10-12)23(20,21)22/h3-10H,1-2H3,(H2,16,17,19)(H,20,21,22). The van der Waals surface area contributed by atoms with Crippen molar-refractivity contribution in [1.82, 2.24) is 0 Å². The fourth-order valence-corrected chi connectivity index (χ4v) is 2.40. The first-order chi connectivity index (χ1) is 10.8. The van der Waals surface area contributed by atoms with Crippen molar-refractivity contribution >= 4 is 33.2 Å². The lowest BCUT2D eigenvalue weighted by Crippen LogP contribution is -2.19. The maximum absolute atomic E-state index is 11.9. The Morgan fingerprint density at radius 3 is 2.17 bits per heavy atom. The highest BCUT2D eigenvalue weighted by Gasteiger charge is 2.11. The SMILES string of the molecule is CN(C)c1ccc(NC(=O)Nc2cccc(S(=O)(=O)O)c2)cc1. The molecule has 0 atom stereocenters. The van der Waals surface area contributed by atoms with Crippen LogP contribution in [-0.2, 0) is 10.1 Å². The minimum absolute atomic E-state index is 0.252. The van der Waals surface area contributed by atoms with Crippen molar-refractivity contribution < 1.29 is 17.8 Å². The number of urea groups is 1. The fraction of sp³-hybridized carbons (Fsp3) is 0.133. The molecule has 2 rings (SSSR count). The molecule has 7 nitrogen and oxygen atoms in total. The van der Waals surface area contributed by atoms with Crippen LogP contribution in [0.1, 0.15) is 0 Å². The van der Waals surface area contributed by atoms with Crippen molar-refractivity contribution in [2.24, 2.45) is 0 Å². The molecule has 0 saturated heterocycles. The summed E-state index contributed by atoms with van der Waals surface area (Å²) in [7, 11) is -0.481. The number of nitrogens with one attached hydrogen (secondary N) is 2. The number of rotatable bonds is 4. The quantitative estimate of drug-likeness (QED) is 0.746. The van der Waals surface area contributed by atoms with E-state index in [2.05, 4.69) is 10.6 Å². The number of anilines is 3. The van der Waals surface area contributed by atoms with Crippen molar-refractivity contribution in [3.05, 3.63) is 48.5 Å². The van der Waals surface area contributed by atoms with Gasteiger partial charge in [0.15, 0.2) is 0 Å². The number of hydrogen-bond acceptors (Lipinski definition) is 4. The summed E-state index contributed by atoms with van der Waals surface area (Å²) in [4.78, 5) is 13.6. The summed E-state index contributed by atoms with van der Waals surface area (Å²) >= 11 is 0. The van der Waals surface area contributed by atoms with Crippen LogP contribution in [0.15, 0.2) is 53.4 Å². The summed E-state index contributed by atoms with van der Waals surface area (Å²) in [5.41, 5.74) is 1.85. The number of hydrogen-bond donors (Lipinski definition) is 3. The largest absolute Gasteiger partial charge is 0.378 e.